The second-order valence-corrected chi connectivity index (χ2v) is 16.6. The quantitative estimate of drug-likeness (QED) is 0.305. The number of nitrogens with zero attached hydrogens (tertiary/aromatic N) is 1. The van der Waals surface area contributed by atoms with Crippen LogP contribution in [-0.2, 0) is 5.41 Å². The smallest absolute Gasteiger partial charge is 0.0457 e. The first-order chi connectivity index (χ1) is 20.4. The summed E-state index contributed by atoms with van der Waals surface area (Å²) in [6.45, 7) is 21.1. The van der Waals surface area contributed by atoms with Gasteiger partial charge in [0.05, 0.1) is 0 Å². The van der Waals surface area contributed by atoms with Crippen LogP contribution in [0.4, 0.5) is 11.4 Å². The molecule has 3 aromatic carbocycles. The predicted octanol–water partition coefficient (Wildman–Crippen LogP) is 12.3. The van der Waals surface area contributed by atoms with Crippen molar-refractivity contribution in [3.05, 3.63) is 82.9 Å². The Morgan fingerprint density at radius 2 is 1.14 bits per heavy atom. The first kappa shape index (κ1) is 27.0. The molecule has 0 N–H and O–H groups in total. The highest BCUT2D eigenvalue weighted by Crippen LogP contribution is 2.55. The van der Waals surface area contributed by atoms with Gasteiger partial charge in [0.1, 0.15) is 0 Å². The van der Waals surface area contributed by atoms with Gasteiger partial charge in [-0.15, -0.1) is 0 Å². The van der Waals surface area contributed by atoms with E-state index in [0.29, 0.717) is 5.41 Å². The van der Waals surface area contributed by atoms with Crippen LogP contribution in [0.25, 0.3) is 11.1 Å². The maximum Gasteiger partial charge on any atom is 0.0457 e. The van der Waals surface area contributed by atoms with Crippen molar-refractivity contribution in [1.82, 2.24) is 0 Å². The van der Waals surface area contributed by atoms with E-state index in [1.54, 1.807) is 0 Å². The van der Waals surface area contributed by atoms with E-state index in [2.05, 4.69) is 128 Å². The van der Waals surface area contributed by atoms with Crippen molar-refractivity contribution >= 4 is 11.4 Å². The summed E-state index contributed by atoms with van der Waals surface area (Å²) in [5.41, 5.74) is 10.1. The molecule has 3 aromatic rings. The molecule has 2 fully saturated rings. The molecule has 3 aliphatic carbocycles. The van der Waals surface area contributed by atoms with E-state index < -0.39 is 11.8 Å². The molecule has 224 valence electrons. The van der Waals surface area contributed by atoms with Gasteiger partial charge in [-0.2, -0.15) is 0 Å². The third kappa shape index (κ3) is 5.24. The molecule has 2 saturated carbocycles. The number of rotatable bonds is 4. The van der Waals surface area contributed by atoms with Crippen LogP contribution in [0.1, 0.15) is 150 Å². The Kier molecular flexibility index (Phi) is 6.62. The molecule has 3 aliphatic rings. The van der Waals surface area contributed by atoms with Crippen LogP contribution in [0.2, 0.25) is 0 Å². The minimum Gasteiger partial charge on any atom is -0.336 e. The van der Waals surface area contributed by atoms with E-state index in [1.807, 2.05) is 0 Å². The zero-order valence-corrected chi connectivity index (χ0v) is 27.9. The minimum absolute atomic E-state index is 0.117. The van der Waals surface area contributed by atoms with Crippen LogP contribution in [0.3, 0.4) is 0 Å². The lowest BCUT2D eigenvalue weighted by atomic mass is 9.70. The van der Waals surface area contributed by atoms with Gasteiger partial charge in [-0.05, 0) is 140 Å². The van der Waals surface area contributed by atoms with Gasteiger partial charge in [0.15, 0.2) is 0 Å². The number of benzene rings is 3. The molecule has 6 rings (SSSR count). The predicted molar refractivity (Wildman–Crippen MR) is 182 cm³/mol. The maximum absolute atomic E-state index is 10.2. The fraction of sp³-hybridized carbons (Fsp3) is 0.561. The topological polar surface area (TPSA) is 3.24 Å². The molecule has 0 spiro atoms. The Hall–Kier alpha value is -2.54. The zero-order valence-electron chi connectivity index (χ0n) is 29.9. The van der Waals surface area contributed by atoms with E-state index in [1.165, 1.54) is 27.8 Å². The molecule has 0 radical (unpaired) electrons. The minimum atomic E-state index is -0.656. The van der Waals surface area contributed by atoms with Crippen molar-refractivity contribution in [1.29, 1.82) is 0 Å². The Bertz CT molecular complexity index is 1550. The lowest BCUT2D eigenvalue weighted by molar-refractivity contribution is 0.224. The van der Waals surface area contributed by atoms with Crippen molar-refractivity contribution in [2.75, 3.05) is 4.90 Å². The number of anilines is 2. The van der Waals surface area contributed by atoms with Crippen LogP contribution in [0.5, 0.6) is 0 Å². The molecular weight excluding hydrogens is 506 g/mol. The first-order valence-electron chi connectivity index (χ1n) is 17.6. The number of fused-ring (bicyclic) bond motifs is 3. The Balaban J connectivity index is 1.60. The van der Waals surface area contributed by atoms with Crippen LogP contribution in [-0.4, -0.2) is 5.54 Å². The average molecular weight is 564 g/mol. The van der Waals surface area contributed by atoms with E-state index in [4.69, 9.17) is 0 Å². The van der Waals surface area contributed by atoms with Gasteiger partial charge >= 0.3 is 0 Å². The summed E-state index contributed by atoms with van der Waals surface area (Å²) >= 11 is 0. The third-order valence-electron chi connectivity index (χ3n) is 10.9. The molecule has 0 unspecified atom stereocenters. The fourth-order valence-electron chi connectivity index (χ4n) is 8.02. The van der Waals surface area contributed by atoms with Crippen molar-refractivity contribution in [2.24, 2.45) is 10.8 Å². The molecule has 42 heavy (non-hydrogen) atoms. The lowest BCUT2D eigenvalue weighted by Gasteiger charge is -2.44. The summed E-state index contributed by atoms with van der Waals surface area (Å²) in [6, 6.07) is 22.6. The second-order valence-electron chi connectivity index (χ2n) is 16.6. The summed E-state index contributed by atoms with van der Waals surface area (Å²) < 4.78 is 20.0. The van der Waals surface area contributed by atoms with Crippen molar-refractivity contribution < 1.29 is 2.74 Å². The molecule has 1 nitrogen and oxygen atoms in total. The van der Waals surface area contributed by atoms with Gasteiger partial charge in [0.2, 0.25) is 0 Å². The van der Waals surface area contributed by atoms with Crippen molar-refractivity contribution in [2.45, 2.75) is 136 Å². The van der Waals surface area contributed by atoms with E-state index >= 15 is 0 Å². The summed E-state index contributed by atoms with van der Waals surface area (Å²) in [6.07, 6.45) is 7.77. The van der Waals surface area contributed by atoms with Crippen molar-refractivity contribution in [3.63, 3.8) is 0 Å². The number of hydrogen-bond donors (Lipinski definition) is 0. The molecule has 0 aromatic heterocycles. The highest BCUT2D eigenvalue weighted by atomic mass is 15.2. The van der Waals surface area contributed by atoms with Gasteiger partial charge in [0.25, 0.3) is 0 Å². The molecule has 0 aliphatic heterocycles. The average Bonchev–Trinajstić information content (AvgIpc) is 3.18. The SMILES string of the molecule is [2H]C1(c2ccccc2N(c2cc3c(cc2C2([2H])CCC(C)(C)CC2)C(C)(C)c2ccccc2-3)C(C)(C)C)CCC(C)(C)CC1. The van der Waals surface area contributed by atoms with Gasteiger partial charge in [0, 0.05) is 25.1 Å². The van der Waals surface area contributed by atoms with Gasteiger partial charge in [-0.1, -0.05) is 90.1 Å². The molecule has 0 amide bonds. The second kappa shape index (κ2) is 10.3. The van der Waals surface area contributed by atoms with Gasteiger partial charge in [-0.3, -0.25) is 0 Å². The van der Waals surface area contributed by atoms with Crippen LogP contribution in [0, 0.1) is 10.8 Å². The highest BCUT2D eigenvalue weighted by molar-refractivity contribution is 5.86. The highest BCUT2D eigenvalue weighted by Gasteiger charge is 2.40. The lowest BCUT2D eigenvalue weighted by Crippen LogP contribution is -2.39. The van der Waals surface area contributed by atoms with E-state index in [-0.39, 0.29) is 16.4 Å². The molecular formula is C41H55N. The summed E-state index contributed by atoms with van der Waals surface area (Å²) in [5, 5.41) is 0. The summed E-state index contributed by atoms with van der Waals surface area (Å²) in [4.78, 5) is 2.53. The Morgan fingerprint density at radius 3 is 1.74 bits per heavy atom. The largest absolute Gasteiger partial charge is 0.336 e. The zero-order chi connectivity index (χ0) is 31.9. The van der Waals surface area contributed by atoms with E-state index in [0.717, 1.165) is 68.3 Å². The monoisotopic (exact) mass is 563 g/mol. The normalized spacial score (nSPS) is 23.7. The molecule has 0 atom stereocenters. The molecule has 1 heteroatoms. The Labute approximate surface area is 259 Å². The Morgan fingerprint density at radius 1 is 0.619 bits per heavy atom. The molecule has 0 bridgehead atoms. The molecule has 0 heterocycles. The summed E-state index contributed by atoms with van der Waals surface area (Å²) in [7, 11) is 0. The van der Waals surface area contributed by atoms with Gasteiger partial charge < -0.3 is 4.90 Å². The number of hydrogen-bond acceptors (Lipinski definition) is 1. The third-order valence-corrected chi connectivity index (χ3v) is 10.9. The standard InChI is InChI=1S/C41H55N/c1-38(2,3)42(36-17-13-11-14-30(36)28-18-22-39(4,5)23-19-28)37-27-33-31-15-10-12-16-34(31)41(8,9)35(33)26-32(37)29-20-24-40(6,7)25-21-29/h10-17,26-29H,18-25H2,1-9H3/i28D,29D. The van der Waals surface area contributed by atoms with Crippen LogP contribution >= 0.6 is 0 Å². The maximum atomic E-state index is 10.2. The molecule has 0 saturated heterocycles. The van der Waals surface area contributed by atoms with Gasteiger partial charge in [-0.25, -0.2) is 0 Å². The van der Waals surface area contributed by atoms with E-state index in [9.17, 15) is 2.74 Å². The number of para-hydroxylation sites is 1. The fourth-order valence-corrected chi connectivity index (χ4v) is 8.02. The summed E-state index contributed by atoms with van der Waals surface area (Å²) in [5.74, 6) is -1.27. The van der Waals surface area contributed by atoms with Crippen LogP contribution in [0.15, 0.2) is 60.7 Å². The first-order valence-corrected chi connectivity index (χ1v) is 16.6. The van der Waals surface area contributed by atoms with Crippen molar-refractivity contribution in [3.8, 4) is 11.1 Å². The van der Waals surface area contributed by atoms with Crippen LogP contribution < -0.4 is 4.90 Å².